The summed E-state index contributed by atoms with van der Waals surface area (Å²) in [7, 11) is 3.03. The van der Waals surface area contributed by atoms with Gasteiger partial charge in [-0.2, -0.15) is 0 Å². The highest BCUT2D eigenvalue weighted by Crippen LogP contribution is 2.28. The molecule has 21 heavy (non-hydrogen) atoms. The van der Waals surface area contributed by atoms with Crippen molar-refractivity contribution in [1.82, 2.24) is 5.32 Å². The molecule has 6 nitrogen and oxygen atoms in total. The first kappa shape index (κ1) is 16.6. The van der Waals surface area contributed by atoms with E-state index >= 15 is 0 Å². The Morgan fingerprint density at radius 2 is 1.90 bits per heavy atom. The number of carbonyl (C=O) groups excluding carboxylic acids is 2. The summed E-state index contributed by atoms with van der Waals surface area (Å²) in [6.45, 7) is 5.82. The zero-order valence-electron chi connectivity index (χ0n) is 12.5. The van der Waals surface area contributed by atoms with E-state index in [0.29, 0.717) is 23.7 Å². The van der Waals surface area contributed by atoms with Crippen LogP contribution in [0, 0.1) is 0 Å². The first-order valence-corrected chi connectivity index (χ1v) is 6.39. The molecule has 0 aliphatic rings. The van der Waals surface area contributed by atoms with Crippen molar-refractivity contribution >= 4 is 17.5 Å². The molecule has 0 heterocycles. The number of anilines is 1. The van der Waals surface area contributed by atoms with Crippen molar-refractivity contribution < 1.29 is 19.1 Å². The fraction of sp³-hybridized carbons (Fsp3) is 0.333. The van der Waals surface area contributed by atoms with Gasteiger partial charge >= 0.3 is 0 Å². The van der Waals surface area contributed by atoms with Crippen molar-refractivity contribution in [2.75, 3.05) is 26.1 Å². The fourth-order valence-electron chi connectivity index (χ4n) is 1.55. The van der Waals surface area contributed by atoms with Crippen LogP contribution < -0.4 is 20.1 Å². The second-order valence-electron chi connectivity index (χ2n) is 4.53. The lowest BCUT2D eigenvalue weighted by Gasteiger charge is -2.11. The van der Waals surface area contributed by atoms with E-state index in [9.17, 15) is 9.59 Å². The molecule has 0 unspecified atom stereocenters. The van der Waals surface area contributed by atoms with Crippen LogP contribution >= 0.6 is 0 Å². The predicted molar refractivity (Wildman–Crippen MR) is 80.6 cm³/mol. The molecule has 0 saturated heterocycles. The van der Waals surface area contributed by atoms with Crippen LogP contribution in [0.25, 0.3) is 0 Å². The standard InChI is InChI=1S/C15H20N2O4/c1-10(2)9-16-14(18)8-15(19)17-12-6-5-11(20-3)7-13(12)21-4/h5-7H,1,8-9H2,2-4H3,(H,16,18)(H,17,19). The molecule has 2 amide bonds. The second kappa shape index (κ2) is 7.94. The van der Waals surface area contributed by atoms with Gasteiger partial charge in [-0.3, -0.25) is 9.59 Å². The second-order valence-corrected chi connectivity index (χ2v) is 4.53. The van der Waals surface area contributed by atoms with Crippen LogP contribution in [0.1, 0.15) is 13.3 Å². The maximum atomic E-state index is 11.8. The Morgan fingerprint density at radius 3 is 2.48 bits per heavy atom. The highest BCUT2D eigenvalue weighted by atomic mass is 16.5. The van der Waals surface area contributed by atoms with Crippen LogP contribution in [-0.4, -0.2) is 32.6 Å². The molecule has 0 aliphatic heterocycles. The lowest BCUT2D eigenvalue weighted by atomic mass is 10.2. The minimum absolute atomic E-state index is 0.261. The van der Waals surface area contributed by atoms with Crippen LogP contribution in [0.15, 0.2) is 30.4 Å². The number of nitrogens with one attached hydrogen (secondary N) is 2. The van der Waals surface area contributed by atoms with E-state index in [1.54, 1.807) is 32.2 Å². The van der Waals surface area contributed by atoms with Gasteiger partial charge in [-0.25, -0.2) is 0 Å². The van der Waals surface area contributed by atoms with Gasteiger partial charge < -0.3 is 20.1 Å². The van der Waals surface area contributed by atoms with Gasteiger partial charge in [0.05, 0.1) is 19.9 Å². The van der Waals surface area contributed by atoms with Gasteiger partial charge in [-0.05, 0) is 19.1 Å². The van der Waals surface area contributed by atoms with Crippen molar-refractivity contribution in [2.45, 2.75) is 13.3 Å². The lowest BCUT2D eigenvalue weighted by molar-refractivity contribution is -0.126. The SMILES string of the molecule is C=C(C)CNC(=O)CC(=O)Nc1ccc(OC)cc1OC. The summed E-state index contributed by atoms with van der Waals surface area (Å²) in [5.74, 6) is 0.301. The first-order valence-electron chi connectivity index (χ1n) is 6.39. The molecule has 1 rings (SSSR count). The van der Waals surface area contributed by atoms with E-state index in [4.69, 9.17) is 9.47 Å². The molecule has 0 aromatic heterocycles. The Labute approximate surface area is 124 Å². The summed E-state index contributed by atoms with van der Waals surface area (Å²) in [6.07, 6.45) is -0.261. The third kappa shape index (κ3) is 5.56. The van der Waals surface area contributed by atoms with E-state index in [0.717, 1.165) is 5.57 Å². The van der Waals surface area contributed by atoms with Crippen LogP contribution in [-0.2, 0) is 9.59 Å². The zero-order valence-corrected chi connectivity index (χ0v) is 12.5. The maximum Gasteiger partial charge on any atom is 0.233 e. The Bertz CT molecular complexity index is 540. The largest absolute Gasteiger partial charge is 0.497 e. The molecule has 6 heteroatoms. The predicted octanol–water partition coefficient (Wildman–Crippen LogP) is 1.72. The van der Waals surface area contributed by atoms with Crippen molar-refractivity contribution in [1.29, 1.82) is 0 Å². The van der Waals surface area contributed by atoms with Crippen molar-refractivity contribution in [3.8, 4) is 11.5 Å². The third-order valence-electron chi connectivity index (χ3n) is 2.59. The third-order valence-corrected chi connectivity index (χ3v) is 2.59. The molecular weight excluding hydrogens is 272 g/mol. The smallest absolute Gasteiger partial charge is 0.233 e. The van der Waals surface area contributed by atoms with Gasteiger partial charge in [0.1, 0.15) is 17.9 Å². The molecule has 2 N–H and O–H groups in total. The Hall–Kier alpha value is -2.50. The molecule has 0 atom stereocenters. The van der Waals surface area contributed by atoms with Gasteiger partial charge in [-0.15, -0.1) is 0 Å². The van der Waals surface area contributed by atoms with Gasteiger partial charge in [0.2, 0.25) is 11.8 Å². The Kier molecular flexibility index (Phi) is 6.26. The normalized spacial score (nSPS) is 9.67. The van der Waals surface area contributed by atoms with Gasteiger partial charge in [0, 0.05) is 12.6 Å². The van der Waals surface area contributed by atoms with Gasteiger partial charge in [0.25, 0.3) is 0 Å². The average molecular weight is 292 g/mol. The summed E-state index contributed by atoms with van der Waals surface area (Å²) in [5, 5.41) is 5.22. The topological polar surface area (TPSA) is 76.7 Å². The van der Waals surface area contributed by atoms with Crippen LogP contribution in [0.3, 0.4) is 0 Å². The summed E-state index contributed by atoms with van der Waals surface area (Å²) in [6, 6.07) is 5.00. The number of benzene rings is 1. The molecule has 1 aromatic rings. The van der Waals surface area contributed by atoms with Crippen LogP contribution in [0.5, 0.6) is 11.5 Å². The molecular formula is C15H20N2O4. The quantitative estimate of drug-likeness (QED) is 0.592. The molecule has 0 fully saturated rings. The Balaban J connectivity index is 2.62. The van der Waals surface area contributed by atoms with E-state index in [-0.39, 0.29) is 12.3 Å². The molecule has 0 saturated carbocycles. The van der Waals surface area contributed by atoms with Crippen molar-refractivity contribution in [3.63, 3.8) is 0 Å². The summed E-state index contributed by atoms with van der Waals surface area (Å²) in [5.41, 5.74) is 1.30. The molecule has 0 aliphatic carbocycles. The number of hydrogen-bond donors (Lipinski definition) is 2. The van der Waals surface area contributed by atoms with Gasteiger partial charge in [-0.1, -0.05) is 12.2 Å². The van der Waals surface area contributed by atoms with Crippen LogP contribution in [0.4, 0.5) is 5.69 Å². The summed E-state index contributed by atoms with van der Waals surface area (Å²) in [4.78, 5) is 23.3. The van der Waals surface area contributed by atoms with E-state index in [2.05, 4.69) is 17.2 Å². The zero-order chi connectivity index (χ0) is 15.8. The fourth-order valence-corrected chi connectivity index (χ4v) is 1.55. The Morgan fingerprint density at radius 1 is 1.19 bits per heavy atom. The van der Waals surface area contributed by atoms with Crippen LogP contribution in [0.2, 0.25) is 0 Å². The minimum Gasteiger partial charge on any atom is -0.497 e. The van der Waals surface area contributed by atoms with E-state index in [1.807, 2.05) is 0 Å². The summed E-state index contributed by atoms with van der Waals surface area (Å²) < 4.78 is 10.2. The number of hydrogen-bond acceptors (Lipinski definition) is 4. The summed E-state index contributed by atoms with van der Waals surface area (Å²) >= 11 is 0. The molecule has 114 valence electrons. The lowest BCUT2D eigenvalue weighted by Crippen LogP contribution is -2.29. The number of carbonyl (C=O) groups is 2. The number of rotatable bonds is 7. The van der Waals surface area contributed by atoms with E-state index < -0.39 is 5.91 Å². The highest BCUT2D eigenvalue weighted by Gasteiger charge is 2.12. The number of amides is 2. The average Bonchev–Trinajstić information content (AvgIpc) is 2.45. The van der Waals surface area contributed by atoms with Crippen molar-refractivity contribution in [2.24, 2.45) is 0 Å². The highest BCUT2D eigenvalue weighted by molar-refractivity contribution is 6.04. The minimum atomic E-state index is -0.419. The maximum absolute atomic E-state index is 11.8. The monoisotopic (exact) mass is 292 g/mol. The van der Waals surface area contributed by atoms with E-state index in [1.165, 1.54) is 7.11 Å². The number of ether oxygens (including phenoxy) is 2. The van der Waals surface area contributed by atoms with Crippen molar-refractivity contribution in [3.05, 3.63) is 30.4 Å². The van der Waals surface area contributed by atoms with Gasteiger partial charge in [0.15, 0.2) is 0 Å². The number of methoxy groups -OCH3 is 2. The molecule has 0 bridgehead atoms. The first-order chi connectivity index (χ1) is 9.96. The molecule has 1 aromatic carbocycles. The molecule has 0 spiro atoms. The molecule has 0 radical (unpaired) electrons.